The zero-order valence-electron chi connectivity index (χ0n) is 48.5. The standard InChI is InChI=1S/C69H112O6/c1-4-7-10-13-16-18-20-22-24-26-28-30-32-33-34-35-37-38-40-42-44-46-48-50-53-56-59-62-68(71)74-65-66(64-73-67(70)61-58-55-52-15-12-9-6-3)75-69(72)63-60-57-54-51-49-47-45-43-41-39-36-31-29-27-25-23-21-19-17-14-11-8-5-2/h7-8,10-11,16-19,22-25,28-31,33-34,39,41,45,47,66H,4-6,9,12-15,20-21,26-27,32,35-38,40,42-44,46,48-65H2,1-3H3/b10-7-,11-8-,18-16-,19-17-,24-22-,25-23-,30-28-,31-29-,34-33-,41-39-,47-45-. The van der Waals surface area contributed by atoms with E-state index in [2.05, 4.69) is 154 Å². The van der Waals surface area contributed by atoms with Crippen LogP contribution < -0.4 is 0 Å². The Kier molecular flexibility index (Phi) is 58.4. The molecule has 0 aromatic carbocycles. The van der Waals surface area contributed by atoms with Crippen LogP contribution >= 0.6 is 0 Å². The summed E-state index contributed by atoms with van der Waals surface area (Å²) in [5.74, 6) is -0.928. The van der Waals surface area contributed by atoms with Crippen molar-refractivity contribution < 1.29 is 28.6 Å². The molecule has 0 bridgehead atoms. The van der Waals surface area contributed by atoms with Gasteiger partial charge < -0.3 is 14.2 Å². The molecule has 0 aromatic rings. The van der Waals surface area contributed by atoms with Crippen LogP contribution in [0.3, 0.4) is 0 Å². The summed E-state index contributed by atoms with van der Waals surface area (Å²) < 4.78 is 16.8. The minimum Gasteiger partial charge on any atom is -0.462 e. The molecule has 0 aliphatic rings. The molecule has 0 N–H and O–H groups in total. The van der Waals surface area contributed by atoms with Gasteiger partial charge in [-0.1, -0.05) is 264 Å². The maximum absolute atomic E-state index is 12.8. The van der Waals surface area contributed by atoms with E-state index >= 15 is 0 Å². The maximum atomic E-state index is 12.8. The van der Waals surface area contributed by atoms with Crippen molar-refractivity contribution in [3.63, 3.8) is 0 Å². The molecule has 0 rings (SSSR count). The third kappa shape index (κ3) is 60.3. The number of ether oxygens (including phenoxy) is 3. The van der Waals surface area contributed by atoms with Gasteiger partial charge in [-0.25, -0.2) is 0 Å². The van der Waals surface area contributed by atoms with Crippen LogP contribution in [0.4, 0.5) is 0 Å². The first kappa shape index (κ1) is 70.5. The second kappa shape index (κ2) is 62.1. The first-order valence-corrected chi connectivity index (χ1v) is 30.7. The number of hydrogen-bond donors (Lipinski definition) is 0. The summed E-state index contributed by atoms with van der Waals surface area (Å²) in [4.78, 5) is 38.0. The van der Waals surface area contributed by atoms with E-state index in [0.717, 1.165) is 141 Å². The topological polar surface area (TPSA) is 78.9 Å². The fourth-order valence-electron chi connectivity index (χ4n) is 8.12. The molecule has 6 heteroatoms. The Morgan fingerprint density at radius 2 is 0.520 bits per heavy atom. The van der Waals surface area contributed by atoms with Crippen LogP contribution in [0.25, 0.3) is 0 Å². The number of unbranched alkanes of at least 4 members (excludes halogenated alkanes) is 21. The highest BCUT2D eigenvalue weighted by atomic mass is 16.6. The van der Waals surface area contributed by atoms with Crippen molar-refractivity contribution in [2.75, 3.05) is 13.2 Å². The molecule has 6 nitrogen and oxygen atoms in total. The van der Waals surface area contributed by atoms with Crippen LogP contribution in [0.15, 0.2) is 134 Å². The van der Waals surface area contributed by atoms with Gasteiger partial charge >= 0.3 is 17.9 Å². The smallest absolute Gasteiger partial charge is 0.306 e. The minimum atomic E-state index is -0.795. The molecular weight excluding hydrogens is 925 g/mol. The lowest BCUT2D eigenvalue weighted by molar-refractivity contribution is -0.167. The Labute approximate surface area is 462 Å². The van der Waals surface area contributed by atoms with Gasteiger partial charge in [0.25, 0.3) is 0 Å². The average molecular weight is 1040 g/mol. The maximum Gasteiger partial charge on any atom is 0.306 e. The quantitative estimate of drug-likeness (QED) is 0.0261. The van der Waals surface area contributed by atoms with Crippen molar-refractivity contribution in [3.8, 4) is 0 Å². The van der Waals surface area contributed by atoms with E-state index < -0.39 is 6.10 Å². The number of allylic oxidation sites excluding steroid dienone is 22. The van der Waals surface area contributed by atoms with Crippen molar-refractivity contribution in [1.82, 2.24) is 0 Å². The molecule has 1 unspecified atom stereocenters. The Morgan fingerprint density at radius 3 is 0.813 bits per heavy atom. The normalized spacial score (nSPS) is 13.1. The summed E-state index contributed by atoms with van der Waals surface area (Å²) in [6.45, 7) is 6.35. The average Bonchev–Trinajstić information content (AvgIpc) is 3.41. The number of hydrogen-bond acceptors (Lipinski definition) is 6. The van der Waals surface area contributed by atoms with Crippen LogP contribution in [0, 0.1) is 0 Å². The summed E-state index contributed by atoms with van der Waals surface area (Å²) in [6.07, 6.45) is 87.6. The van der Waals surface area contributed by atoms with Gasteiger partial charge in [0, 0.05) is 19.3 Å². The molecule has 0 heterocycles. The predicted octanol–water partition coefficient (Wildman–Crippen LogP) is 21.0. The van der Waals surface area contributed by atoms with E-state index in [1.807, 2.05) is 0 Å². The van der Waals surface area contributed by atoms with Gasteiger partial charge in [-0.2, -0.15) is 0 Å². The largest absolute Gasteiger partial charge is 0.462 e. The van der Waals surface area contributed by atoms with Crippen LogP contribution in [0.2, 0.25) is 0 Å². The molecule has 0 aromatic heterocycles. The first-order chi connectivity index (χ1) is 37.0. The van der Waals surface area contributed by atoms with Crippen molar-refractivity contribution in [3.05, 3.63) is 134 Å². The fraction of sp³-hybridized carbons (Fsp3) is 0.638. The second-order valence-electron chi connectivity index (χ2n) is 19.9. The third-order valence-corrected chi connectivity index (χ3v) is 12.7. The number of carbonyl (C=O) groups excluding carboxylic acids is 3. The molecular formula is C69H112O6. The molecule has 75 heavy (non-hydrogen) atoms. The molecule has 0 saturated heterocycles. The Bertz CT molecular complexity index is 1620. The Hall–Kier alpha value is -4.45. The van der Waals surface area contributed by atoms with E-state index in [4.69, 9.17) is 14.2 Å². The van der Waals surface area contributed by atoms with Crippen molar-refractivity contribution in [2.24, 2.45) is 0 Å². The number of carbonyl (C=O) groups is 3. The van der Waals surface area contributed by atoms with Gasteiger partial charge in [-0.15, -0.1) is 0 Å². The van der Waals surface area contributed by atoms with Crippen LogP contribution in [0.5, 0.6) is 0 Å². The van der Waals surface area contributed by atoms with E-state index in [0.29, 0.717) is 19.3 Å². The summed E-state index contributed by atoms with van der Waals surface area (Å²) in [5.41, 5.74) is 0. The SMILES string of the molecule is CC/C=C\C/C=C\C/C=C\C/C=C\C/C=C\C/C=C\CCCCCCC(=O)OC(COC(=O)CCCCCCCCC)COC(=O)CCCCCCCCCCCCC/C=C\C/C=C\C/C=C\C/C=C\C/C=C\CC. The lowest BCUT2D eigenvalue weighted by Gasteiger charge is -2.18. The van der Waals surface area contributed by atoms with E-state index in [9.17, 15) is 14.4 Å². The van der Waals surface area contributed by atoms with Crippen molar-refractivity contribution in [2.45, 2.75) is 271 Å². The van der Waals surface area contributed by atoms with E-state index in [-0.39, 0.29) is 31.1 Å². The van der Waals surface area contributed by atoms with Gasteiger partial charge in [-0.05, 0) is 116 Å². The van der Waals surface area contributed by atoms with Gasteiger partial charge in [0.1, 0.15) is 13.2 Å². The molecule has 0 amide bonds. The Balaban J connectivity index is 4.23. The zero-order chi connectivity index (χ0) is 54.3. The fourth-order valence-corrected chi connectivity index (χ4v) is 8.12. The molecule has 0 spiro atoms. The van der Waals surface area contributed by atoms with Crippen LogP contribution in [0.1, 0.15) is 265 Å². The third-order valence-electron chi connectivity index (χ3n) is 12.7. The van der Waals surface area contributed by atoms with Gasteiger partial charge in [0.2, 0.25) is 0 Å². The van der Waals surface area contributed by atoms with Crippen LogP contribution in [-0.2, 0) is 28.6 Å². The van der Waals surface area contributed by atoms with E-state index in [1.165, 1.54) is 83.5 Å². The molecule has 1 atom stereocenters. The Morgan fingerprint density at radius 1 is 0.280 bits per heavy atom. The lowest BCUT2D eigenvalue weighted by Crippen LogP contribution is -2.30. The molecule has 0 aliphatic heterocycles. The summed E-state index contributed by atoms with van der Waals surface area (Å²) >= 11 is 0. The van der Waals surface area contributed by atoms with E-state index in [1.54, 1.807) is 0 Å². The number of rotatable bonds is 54. The van der Waals surface area contributed by atoms with Gasteiger partial charge in [-0.3, -0.25) is 14.4 Å². The molecule has 0 radical (unpaired) electrons. The summed E-state index contributed by atoms with van der Waals surface area (Å²) in [5, 5.41) is 0. The van der Waals surface area contributed by atoms with Gasteiger partial charge in [0.05, 0.1) is 0 Å². The second-order valence-corrected chi connectivity index (χ2v) is 19.9. The minimum absolute atomic E-state index is 0.0919. The zero-order valence-corrected chi connectivity index (χ0v) is 48.5. The molecule has 0 saturated carbocycles. The molecule has 0 aliphatic carbocycles. The molecule has 0 fully saturated rings. The van der Waals surface area contributed by atoms with Gasteiger partial charge in [0.15, 0.2) is 6.10 Å². The lowest BCUT2D eigenvalue weighted by atomic mass is 10.0. The first-order valence-electron chi connectivity index (χ1n) is 30.7. The monoisotopic (exact) mass is 1040 g/mol. The summed E-state index contributed by atoms with van der Waals surface area (Å²) in [7, 11) is 0. The van der Waals surface area contributed by atoms with Crippen LogP contribution in [-0.4, -0.2) is 37.2 Å². The highest BCUT2D eigenvalue weighted by molar-refractivity contribution is 5.71. The molecule has 424 valence electrons. The van der Waals surface area contributed by atoms with Crippen molar-refractivity contribution >= 4 is 17.9 Å². The highest BCUT2D eigenvalue weighted by Crippen LogP contribution is 2.15. The predicted molar refractivity (Wildman–Crippen MR) is 325 cm³/mol. The summed E-state index contributed by atoms with van der Waals surface area (Å²) in [6, 6.07) is 0. The highest BCUT2D eigenvalue weighted by Gasteiger charge is 2.19. The van der Waals surface area contributed by atoms with Crippen molar-refractivity contribution in [1.29, 1.82) is 0 Å². The number of esters is 3.